The zero-order valence-corrected chi connectivity index (χ0v) is 21.7. The molecule has 0 radical (unpaired) electrons. The molecule has 0 spiro atoms. The van der Waals surface area contributed by atoms with E-state index >= 15 is 0 Å². The third-order valence-corrected chi connectivity index (χ3v) is 7.01. The average Bonchev–Trinajstić information content (AvgIpc) is 3.43. The fourth-order valence-electron chi connectivity index (χ4n) is 5.03. The molecule has 194 valence electrons. The van der Waals surface area contributed by atoms with Gasteiger partial charge in [-0.1, -0.05) is 38.8 Å². The molecule has 0 atom stereocenters. The van der Waals surface area contributed by atoms with Crippen LogP contribution in [0.25, 0.3) is 0 Å². The van der Waals surface area contributed by atoms with Crippen molar-refractivity contribution in [1.29, 1.82) is 0 Å². The van der Waals surface area contributed by atoms with Gasteiger partial charge in [-0.2, -0.15) is 0 Å². The molecule has 1 N–H and O–H groups in total. The van der Waals surface area contributed by atoms with Crippen molar-refractivity contribution in [2.45, 2.75) is 52.5 Å². The van der Waals surface area contributed by atoms with Gasteiger partial charge in [-0.15, -0.1) is 0 Å². The molecule has 0 unspecified atom stereocenters. The number of amides is 2. The Labute approximate surface area is 213 Å². The molecular formula is C28H38N4O4. The lowest BCUT2D eigenvalue weighted by atomic mass is 10.1. The van der Waals surface area contributed by atoms with Gasteiger partial charge in [-0.25, -0.2) is 0 Å². The molecule has 1 saturated heterocycles. The second-order valence-electron chi connectivity index (χ2n) is 10.1. The summed E-state index contributed by atoms with van der Waals surface area (Å²) in [5.74, 6) is 0.384. The van der Waals surface area contributed by atoms with Crippen molar-refractivity contribution in [3.63, 3.8) is 0 Å². The average molecular weight is 495 g/mol. The molecule has 2 fully saturated rings. The molecule has 2 aromatic rings. The van der Waals surface area contributed by atoms with E-state index in [1.807, 2.05) is 49.6 Å². The van der Waals surface area contributed by atoms with Crippen LogP contribution in [0.2, 0.25) is 0 Å². The van der Waals surface area contributed by atoms with E-state index in [9.17, 15) is 14.4 Å². The lowest BCUT2D eigenvalue weighted by Crippen LogP contribution is -2.50. The number of piperazine rings is 1. The highest BCUT2D eigenvalue weighted by molar-refractivity contribution is 5.99. The second-order valence-corrected chi connectivity index (χ2v) is 10.1. The van der Waals surface area contributed by atoms with E-state index in [4.69, 9.17) is 4.74 Å². The molecule has 4 rings (SSSR count). The number of para-hydroxylation sites is 2. The Bertz CT molecular complexity index is 1130. The van der Waals surface area contributed by atoms with E-state index in [0.29, 0.717) is 39.3 Å². The maximum absolute atomic E-state index is 13.6. The number of carbonyl (C=O) groups excluding carboxylic acids is 2. The standard InChI is InChI=1S/C28H38N4O4/c1-4-36-25-12-8-7-11-24(25)30-13-15-31(16-14-30)28(35)23-19-32(21-9-5-6-10-21)18-22(26(23)33)27(34)29-17-20(2)3/h7-8,11-12,18-21H,4-6,9-10,13-17H2,1-3H3,(H,29,34). The summed E-state index contributed by atoms with van der Waals surface area (Å²) >= 11 is 0. The lowest BCUT2D eigenvalue weighted by molar-refractivity contribution is 0.0744. The molecule has 1 aliphatic carbocycles. The van der Waals surface area contributed by atoms with Crippen molar-refractivity contribution >= 4 is 17.5 Å². The van der Waals surface area contributed by atoms with Crippen molar-refractivity contribution < 1.29 is 14.3 Å². The van der Waals surface area contributed by atoms with E-state index in [1.54, 1.807) is 17.3 Å². The zero-order valence-electron chi connectivity index (χ0n) is 21.7. The summed E-state index contributed by atoms with van der Waals surface area (Å²) in [7, 11) is 0. The smallest absolute Gasteiger partial charge is 0.259 e. The molecule has 0 bridgehead atoms. The Kier molecular flexibility index (Phi) is 8.33. The number of carbonyl (C=O) groups is 2. The number of aromatic nitrogens is 1. The van der Waals surface area contributed by atoms with Crippen molar-refractivity contribution in [1.82, 2.24) is 14.8 Å². The van der Waals surface area contributed by atoms with Crippen molar-refractivity contribution in [2.24, 2.45) is 5.92 Å². The van der Waals surface area contributed by atoms with E-state index in [2.05, 4.69) is 10.2 Å². The van der Waals surface area contributed by atoms with Crippen LogP contribution in [0, 0.1) is 5.92 Å². The van der Waals surface area contributed by atoms with Gasteiger partial charge in [-0.3, -0.25) is 14.4 Å². The van der Waals surface area contributed by atoms with Gasteiger partial charge >= 0.3 is 0 Å². The van der Waals surface area contributed by atoms with Gasteiger partial charge in [0.25, 0.3) is 11.8 Å². The van der Waals surface area contributed by atoms with Crippen molar-refractivity contribution in [2.75, 3.05) is 44.2 Å². The first-order valence-corrected chi connectivity index (χ1v) is 13.2. The van der Waals surface area contributed by atoms with Crippen LogP contribution >= 0.6 is 0 Å². The zero-order chi connectivity index (χ0) is 25.7. The monoisotopic (exact) mass is 494 g/mol. The first-order chi connectivity index (χ1) is 17.4. The summed E-state index contributed by atoms with van der Waals surface area (Å²) in [5.41, 5.74) is 0.665. The molecule has 2 aliphatic rings. The number of anilines is 1. The first-order valence-electron chi connectivity index (χ1n) is 13.2. The number of rotatable bonds is 8. The Morgan fingerprint density at radius 2 is 1.69 bits per heavy atom. The third kappa shape index (κ3) is 5.74. The van der Waals surface area contributed by atoms with Gasteiger partial charge in [0, 0.05) is 51.2 Å². The molecule has 36 heavy (non-hydrogen) atoms. The van der Waals surface area contributed by atoms with E-state index in [-0.39, 0.29) is 29.0 Å². The summed E-state index contributed by atoms with van der Waals surface area (Å²) in [6.07, 6.45) is 7.52. The summed E-state index contributed by atoms with van der Waals surface area (Å²) in [4.78, 5) is 43.8. The summed E-state index contributed by atoms with van der Waals surface area (Å²) < 4.78 is 7.71. The molecule has 2 heterocycles. The highest BCUT2D eigenvalue weighted by Gasteiger charge is 2.28. The van der Waals surface area contributed by atoms with E-state index in [0.717, 1.165) is 37.1 Å². The van der Waals surface area contributed by atoms with Crippen LogP contribution in [0.15, 0.2) is 41.5 Å². The number of nitrogens with zero attached hydrogens (tertiary/aromatic N) is 3. The third-order valence-electron chi connectivity index (χ3n) is 7.01. The number of hydrogen-bond donors (Lipinski definition) is 1. The quantitative estimate of drug-likeness (QED) is 0.605. The van der Waals surface area contributed by atoms with Gasteiger partial charge in [0.2, 0.25) is 5.43 Å². The Hall–Kier alpha value is -3.29. The Morgan fingerprint density at radius 3 is 2.36 bits per heavy atom. The molecule has 1 aromatic carbocycles. The molecule has 8 nitrogen and oxygen atoms in total. The van der Waals surface area contributed by atoms with Gasteiger partial charge in [0.05, 0.1) is 12.3 Å². The number of hydrogen-bond acceptors (Lipinski definition) is 5. The van der Waals surface area contributed by atoms with Gasteiger partial charge < -0.3 is 24.4 Å². The minimum absolute atomic E-state index is 0.0534. The molecule has 1 aromatic heterocycles. The normalized spacial score (nSPS) is 16.4. The van der Waals surface area contributed by atoms with Gasteiger partial charge in [0.1, 0.15) is 16.9 Å². The predicted molar refractivity (Wildman–Crippen MR) is 141 cm³/mol. The summed E-state index contributed by atoms with van der Waals surface area (Å²) in [6.45, 7) is 9.30. The molecule has 1 saturated carbocycles. The number of pyridine rings is 1. The maximum atomic E-state index is 13.6. The van der Waals surface area contributed by atoms with Gasteiger partial charge in [-0.05, 0) is 37.8 Å². The number of benzene rings is 1. The van der Waals surface area contributed by atoms with Crippen LogP contribution in [-0.4, -0.2) is 60.6 Å². The summed E-state index contributed by atoms with van der Waals surface area (Å²) in [6, 6.07) is 8.13. The van der Waals surface area contributed by atoms with E-state index < -0.39 is 11.3 Å². The van der Waals surface area contributed by atoms with Crippen LogP contribution in [0.3, 0.4) is 0 Å². The number of nitrogens with one attached hydrogen (secondary N) is 1. The predicted octanol–water partition coefficient (Wildman–Crippen LogP) is 3.71. The highest BCUT2D eigenvalue weighted by Crippen LogP contribution is 2.30. The van der Waals surface area contributed by atoms with Crippen molar-refractivity contribution in [3.8, 4) is 5.75 Å². The van der Waals surface area contributed by atoms with E-state index in [1.165, 1.54) is 0 Å². The summed E-state index contributed by atoms with van der Waals surface area (Å²) in [5, 5.41) is 2.85. The second kappa shape index (κ2) is 11.6. The molecular weight excluding hydrogens is 456 g/mol. The fraction of sp³-hybridized carbons (Fsp3) is 0.536. The SMILES string of the molecule is CCOc1ccccc1N1CCN(C(=O)c2cn(C3CCCC3)cc(C(=O)NCC(C)C)c2=O)CC1. The lowest BCUT2D eigenvalue weighted by Gasteiger charge is -2.36. The largest absolute Gasteiger partial charge is 0.492 e. The molecule has 8 heteroatoms. The van der Waals surface area contributed by atoms with Crippen LogP contribution in [0.5, 0.6) is 5.75 Å². The molecule has 2 amide bonds. The highest BCUT2D eigenvalue weighted by atomic mass is 16.5. The maximum Gasteiger partial charge on any atom is 0.259 e. The number of ether oxygens (including phenoxy) is 1. The first kappa shape index (κ1) is 25.8. The minimum Gasteiger partial charge on any atom is -0.492 e. The van der Waals surface area contributed by atoms with Gasteiger partial charge in [0.15, 0.2) is 0 Å². The fourth-order valence-corrected chi connectivity index (χ4v) is 5.03. The Balaban J connectivity index is 1.55. The topological polar surface area (TPSA) is 83.9 Å². The Morgan fingerprint density at radius 1 is 1.03 bits per heavy atom. The van der Waals surface area contributed by atoms with Crippen LogP contribution in [0.1, 0.15) is 73.2 Å². The van der Waals surface area contributed by atoms with Crippen LogP contribution in [-0.2, 0) is 0 Å². The van der Waals surface area contributed by atoms with Crippen LogP contribution in [0.4, 0.5) is 5.69 Å². The minimum atomic E-state index is -0.486. The van der Waals surface area contributed by atoms with Crippen molar-refractivity contribution in [3.05, 3.63) is 58.0 Å². The molecule has 1 aliphatic heterocycles. The van der Waals surface area contributed by atoms with Crippen LogP contribution < -0.4 is 20.4 Å².